The molecular weight excluding hydrogens is 244 g/mol. The highest BCUT2D eigenvalue weighted by atomic mass is 32.2. The minimum absolute atomic E-state index is 0.403. The molecule has 1 aliphatic heterocycles. The van der Waals surface area contributed by atoms with E-state index in [1.54, 1.807) is 18.2 Å². The fourth-order valence-corrected chi connectivity index (χ4v) is 2.33. The minimum Gasteiger partial charge on any atom is -0.490 e. The van der Waals surface area contributed by atoms with Gasteiger partial charge in [0.1, 0.15) is 5.75 Å². The first kappa shape index (κ1) is 11.9. The molecule has 0 amide bonds. The van der Waals surface area contributed by atoms with Gasteiger partial charge in [0, 0.05) is 17.4 Å². The Hall–Kier alpha value is -1.56. The number of aliphatic carboxylic acids is 1. The summed E-state index contributed by atoms with van der Waals surface area (Å²) < 4.78 is 22.5. The zero-order valence-electron chi connectivity index (χ0n) is 9.05. The van der Waals surface area contributed by atoms with Crippen LogP contribution in [0.25, 0.3) is 0 Å². The quantitative estimate of drug-likeness (QED) is 0.874. The highest BCUT2D eigenvalue weighted by Gasteiger charge is 2.14. The van der Waals surface area contributed by atoms with Crippen LogP contribution in [0.1, 0.15) is 6.42 Å². The highest BCUT2D eigenvalue weighted by molar-refractivity contribution is 7.85. The largest absolute Gasteiger partial charge is 0.490 e. The van der Waals surface area contributed by atoms with Crippen molar-refractivity contribution in [2.75, 3.05) is 19.0 Å². The Labute approximate surface area is 101 Å². The molecule has 0 radical (unpaired) electrons. The fourth-order valence-electron chi connectivity index (χ4n) is 1.48. The summed E-state index contributed by atoms with van der Waals surface area (Å²) >= 11 is 0. The predicted molar refractivity (Wildman–Crippen MR) is 61.0 cm³/mol. The third-order valence-electron chi connectivity index (χ3n) is 2.24. The van der Waals surface area contributed by atoms with Gasteiger partial charge >= 0.3 is 5.97 Å². The molecule has 0 bridgehead atoms. The van der Waals surface area contributed by atoms with Crippen molar-refractivity contribution < 1.29 is 23.6 Å². The average Bonchev–Trinajstić information content (AvgIpc) is 2.51. The number of ether oxygens (including phenoxy) is 2. The molecule has 6 heteroatoms. The lowest BCUT2D eigenvalue weighted by atomic mass is 10.3. The van der Waals surface area contributed by atoms with Crippen molar-refractivity contribution in [1.82, 2.24) is 0 Å². The van der Waals surface area contributed by atoms with E-state index in [-0.39, 0.29) is 0 Å². The predicted octanol–water partition coefficient (Wildman–Crippen LogP) is 1.04. The van der Waals surface area contributed by atoms with Crippen LogP contribution in [-0.4, -0.2) is 34.3 Å². The van der Waals surface area contributed by atoms with Crippen molar-refractivity contribution in [3.8, 4) is 11.5 Å². The van der Waals surface area contributed by atoms with E-state index in [0.717, 1.165) is 6.42 Å². The van der Waals surface area contributed by atoms with Crippen molar-refractivity contribution in [3.63, 3.8) is 0 Å². The molecule has 92 valence electrons. The summed E-state index contributed by atoms with van der Waals surface area (Å²) in [6, 6.07) is 4.85. The van der Waals surface area contributed by atoms with E-state index >= 15 is 0 Å². The molecule has 2 rings (SSSR count). The molecular formula is C11H12O5S. The van der Waals surface area contributed by atoms with Crippen molar-refractivity contribution in [2.24, 2.45) is 0 Å². The molecule has 0 aliphatic carbocycles. The Balaban J connectivity index is 2.23. The molecule has 1 N–H and O–H groups in total. The topological polar surface area (TPSA) is 72.8 Å². The average molecular weight is 256 g/mol. The monoisotopic (exact) mass is 256 g/mol. The van der Waals surface area contributed by atoms with E-state index in [1.165, 1.54) is 0 Å². The summed E-state index contributed by atoms with van der Waals surface area (Å²) in [6.07, 6.45) is 0.794. The van der Waals surface area contributed by atoms with Gasteiger partial charge in [-0.05, 0) is 12.1 Å². The van der Waals surface area contributed by atoms with Gasteiger partial charge in [0.15, 0.2) is 11.5 Å². The van der Waals surface area contributed by atoms with Crippen LogP contribution in [0, 0.1) is 0 Å². The first-order valence-corrected chi connectivity index (χ1v) is 6.48. The van der Waals surface area contributed by atoms with Gasteiger partial charge in [0.25, 0.3) is 0 Å². The maximum absolute atomic E-state index is 11.7. The van der Waals surface area contributed by atoms with Gasteiger partial charge in [0.05, 0.1) is 24.0 Å². The molecule has 0 spiro atoms. The van der Waals surface area contributed by atoms with Gasteiger partial charge in [-0.15, -0.1) is 0 Å². The highest BCUT2D eigenvalue weighted by Crippen LogP contribution is 2.31. The van der Waals surface area contributed by atoms with Gasteiger partial charge in [-0.2, -0.15) is 0 Å². The van der Waals surface area contributed by atoms with Crippen LogP contribution in [0.4, 0.5) is 0 Å². The summed E-state index contributed by atoms with van der Waals surface area (Å²) in [4.78, 5) is 10.9. The fraction of sp³-hybridized carbons (Fsp3) is 0.364. The molecule has 17 heavy (non-hydrogen) atoms. The zero-order valence-corrected chi connectivity index (χ0v) is 9.87. The molecule has 1 aromatic carbocycles. The molecule has 0 fully saturated rings. The van der Waals surface area contributed by atoms with Crippen molar-refractivity contribution in [1.29, 1.82) is 0 Å². The number of hydrogen-bond donors (Lipinski definition) is 1. The third kappa shape index (κ3) is 2.97. The molecule has 1 atom stereocenters. The number of carboxylic acid groups (broad SMARTS) is 1. The van der Waals surface area contributed by atoms with E-state index in [9.17, 15) is 9.00 Å². The molecule has 5 nitrogen and oxygen atoms in total. The summed E-state index contributed by atoms with van der Waals surface area (Å²) in [7, 11) is -1.55. The maximum Gasteiger partial charge on any atom is 0.316 e. The Bertz CT molecular complexity index is 457. The maximum atomic E-state index is 11.7. The van der Waals surface area contributed by atoms with Gasteiger partial charge in [-0.25, -0.2) is 0 Å². The minimum atomic E-state index is -1.55. The first-order valence-electron chi connectivity index (χ1n) is 5.16. The summed E-state index contributed by atoms with van der Waals surface area (Å²) in [5, 5.41) is 8.58. The second kappa shape index (κ2) is 5.18. The standard InChI is InChI=1S/C11H12O5S/c12-11(13)7-17(14)8-2-3-9-10(6-8)16-5-1-4-15-9/h2-3,6H,1,4-5,7H2,(H,12,13). The number of hydrogen-bond acceptors (Lipinski definition) is 4. The number of rotatable bonds is 3. The first-order chi connectivity index (χ1) is 8.16. The number of carbonyl (C=O) groups is 1. The summed E-state index contributed by atoms with van der Waals surface area (Å²) in [5.41, 5.74) is 0. The molecule has 1 aliphatic rings. The SMILES string of the molecule is O=C(O)CS(=O)c1ccc2c(c1)OCCCO2. The van der Waals surface area contributed by atoms with Crippen LogP contribution in [0.5, 0.6) is 11.5 Å². The van der Waals surface area contributed by atoms with E-state index < -0.39 is 22.5 Å². The Morgan fingerprint density at radius 2 is 2.00 bits per heavy atom. The van der Waals surface area contributed by atoms with Gasteiger partial charge in [-0.3, -0.25) is 9.00 Å². The van der Waals surface area contributed by atoms with Gasteiger partial charge in [-0.1, -0.05) is 0 Å². The number of carboxylic acids is 1. The van der Waals surface area contributed by atoms with E-state index in [0.29, 0.717) is 29.6 Å². The lowest BCUT2D eigenvalue weighted by molar-refractivity contribution is -0.133. The molecule has 0 aromatic heterocycles. The van der Waals surface area contributed by atoms with Crippen LogP contribution in [0.2, 0.25) is 0 Å². The van der Waals surface area contributed by atoms with E-state index in [2.05, 4.69) is 0 Å². The molecule has 1 unspecified atom stereocenters. The number of fused-ring (bicyclic) bond motifs is 1. The van der Waals surface area contributed by atoms with Crippen LogP contribution < -0.4 is 9.47 Å². The van der Waals surface area contributed by atoms with Crippen molar-refractivity contribution >= 4 is 16.8 Å². The molecule has 0 saturated heterocycles. The van der Waals surface area contributed by atoms with Gasteiger partial charge in [0.2, 0.25) is 0 Å². The second-order valence-corrected chi connectivity index (χ2v) is 4.99. The zero-order chi connectivity index (χ0) is 12.3. The Morgan fingerprint density at radius 3 is 2.71 bits per heavy atom. The van der Waals surface area contributed by atoms with Gasteiger partial charge < -0.3 is 14.6 Å². The van der Waals surface area contributed by atoms with Crippen LogP contribution in [0.3, 0.4) is 0 Å². The van der Waals surface area contributed by atoms with Crippen LogP contribution in [-0.2, 0) is 15.6 Å². The van der Waals surface area contributed by atoms with Crippen molar-refractivity contribution in [3.05, 3.63) is 18.2 Å². The molecule has 1 heterocycles. The summed E-state index contributed by atoms with van der Waals surface area (Å²) in [5.74, 6) is -0.354. The smallest absolute Gasteiger partial charge is 0.316 e. The van der Waals surface area contributed by atoms with E-state index in [1.807, 2.05) is 0 Å². The number of benzene rings is 1. The molecule has 1 aromatic rings. The summed E-state index contributed by atoms with van der Waals surface area (Å²) in [6.45, 7) is 1.13. The van der Waals surface area contributed by atoms with E-state index in [4.69, 9.17) is 14.6 Å². The third-order valence-corrected chi connectivity index (χ3v) is 3.53. The van der Waals surface area contributed by atoms with Crippen molar-refractivity contribution in [2.45, 2.75) is 11.3 Å². The second-order valence-electron chi connectivity index (χ2n) is 3.54. The Morgan fingerprint density at radius 1 is 1.29 bits per heavy atom. The molecule has 0 saturated carbocycles. The Kier molecular flexibility index (Phi) is 3.63. The lowest BCUT2D eigenvalue weighted by Gasteiger charge is -2.08. The van der Waals surface area contributed by atoms with Crippen LogP contribution in [0.15, 0.2) is 23.1 Å². The normalized spacial score (nSPS) is 16.0. The lowest BCUT2D eigenvalue weighted by Crippen LogP contribution is -2.09. The van der Waals surface area contributed by atoms with Crippen LogP contribution >= 0.6 is 0 Å².